The standard InChI is InChI=1S/C14H24N4O2/c1-17(2)10-12-8-15-14(16-12)11-4-6-18(9-11)13(19)5-7-20-3/h8,11H,4-7,9-10H2,1-3H3,(H,15,16)/t11-/m0/s1. The first-order chi connectivity index (χ1) is 9.60. The fourth-order valence-electron chi connectivity index (χ4n) is 2.56. The Hall–Kier alpha value is -1.40. The Balaban J connectivity index is 1.89. The van der Waals surface area contributed by atoms with Crippen LogP contribution in [0.2, 0.25) is 0 Å². The summed E-state index contributed by atoms with van der Waals surface area (Å²) >= 11 is 0. The molecule has 1 aliphatic rings. The van der Waals surface area contributed by atoms with Crippen LogP contribution in [0.1, 0.15) is 30.3 Å². The molecule has 6 heteroatoms. The van der Waals surface area contributed by atoms with Crippen LogP contribution in [0.5, 0.6) is 0 Å². The minimum absolute atomic E-state index is 0.175. The molecule has 6 nitrogen and oxygen atoms in total. The highest BCUT2D eigenvalue weighted by Crippen LogP contribution is 2.25. The molecule has 2 heterocycles. The Morgan fingerprint density at radius 2 is 2.40 bits per heavy atom. The van der Waals surface area contributed by atoms with Crippen molar-refractivity contribution in [3.63, 3.8) is 0 Å². The number of likely N-dealkylation sites (tertiary alicyclic amines) is 1. The number of nitrogens with zero attached hydrogens (tertiary/aromatic N) is 3. The predicted octanol–water partition coefficient (Wildman–Crippen LogP) is 0.824. The summed E-state index contributed by atoms with van der Waals surface area (Å²) in [6, 6.07) is 0. The Kier molecular flexibility index (Phi) is 5.14. The number of carbonyl (C=O) groups is 1. The van der Waals surface area contributed by atoms with Crippen molar-refractivity contribution in [3.05, 3.63) is 17.7 Å². The first kappa shape index (κ1) is 15.0. The van der Waals surface area contributed by atoms with Gasteiger partial charge in [0.05, 0.1) is 13.0 Å². The summed E-state index contributed by atoms with van der Waals surface area (Å²) in [7, 11) is 5.69. The van der Waals surface area contributed by atoms with Gasteiger partial charge >= 0.3 is 0 Å². The average Bonchev–Trinajstić information content (AvgIpc) is 3.03. The lowest BCUT2D eigenvalue weighted by Crippen LogP contribution is -2.29. The van der Waals surface area contributed by atoms with Crippen molar-refractivity contribution in [1.29, 1.82) is 0 Å². The highest BCUT2D eigenvalue weighted by molar-refractivity contribution is 5.76. The average molecular weight is 280 g/mol. The van der Waals surface area contributed by atoms with Gasteiger partial charge in [-0.25, -0.2) is 4.98 Å². The minimum atomic E-state index is 0.175. The zero-order chi connectivity index (χ0) is 14.5. The molecule has 112 valence electrons. The molecule has 0 bridgehead atoms. The molecule has 1 N–H and O–H groups in total. The van der Waals surface area contributed by atoms with E-state index in [1.54, 1.807) is 7.11 Å². The molecule has 1 aromatic rings. The number of nitrogens with one attached hydrogen (secondary N) is 1. The van der Waals surface area contributed by atoms with Gasteiger partial charge in [-0.05, 0) is 20.5 Å². The number of amides is 1. The number of methoxy groups -OCH3 is 1. The van der Waals surface area contributed by atoms with Crippen molar-refractivity contribution in [2.24, 2.45) is 0 Å². The summed E-state index contributed by atoms with van der Waals surface area (Å²) in [5, 5.41) is 0. The van der Waals surface area contributed by atoms with Gasteiger partial charge in [-0.2, -0.15) is 0 Å². The Morgan fingerprint density at radius 1 is 1.60 bits per heavy atom. The monoisotopic (exact) mass is 280 g/mol. The third-order valence-electron chi connectivity index (χ3n) is 3.58. The molecular formula is C14H24N4O2. The van der Waals surface area contributed by atoms with Crippen LogP contribution in [0.25, 0.3) is 0 Å². The summed E-state index contributed by atoms with van der Waals surface area (Å²) in [6.07, 6.45) is 3.34. The zero-order valence-electron chi connectivity index (χ0n) is 12.6. The first-order valence-electron chi connectivity index (χ1n) is 7.05. The van der Waals surface area contributed by atoms with E-state index in [2.05, 4.69) is 14.9 Å². The number of H-pyrrole nitrogens is 1. The number of carbonyl (C=O) groups excluding carboxylic acids is 1. The van der Waals surface area contributed by atoms with Crippen LogP contribution in [0, 0.1) is 0 Å². The van der Waals surface area contributed by atoms with Crippen LogP contribution >= 0.6 is 0 Å². The van der Waals surface area contributed by atoms with E-state index in [9.17, 15) is 4.79 Å². The quantitative estimate of drug-likeness (QED) is 0.838. The minimum Gasteiger partial charge on any atom is -0.384 e. The lowest BCUT2D eigenvalue weighted by atomic mass is 10.1. The molecule has 0 unspecified atom stereocenters. The zero-order valence-corrected chi connectivity index (χ0v) is 12.6. The number of hydrogen-bond donors (Lipinski definition) is 1. The van der Waals surface area contributed by atoms with Crippen LogP contribution in [0.15, 0.2) is 6.20 Å². The fourth-order valence-corrected chi connectivity index (χ4v) is 2.56. The van der Waals surface area contributed by atoms with Crippen molar-refractivity contribution in [2.75, 3.05) is 40.9 Å². The SMILES string of the molecule is COCCC(=O)N1CC[C@H](c2ncc(CN(C)C)[nH]2)C1. The fraction of sp³-hybridized carbons (Fsp3) is 0.714. The molecule has 0 saturated carbocycles. The van der Waals surface area contributed by atoms with E-state index in [0.29, 0.717) is 18.9 Å². The molecule has 1 amide bonds. The van der Waals surface area contributed by atoms with Crippen LogP contribution in [0.4, 0.5) is 0 Å². The third kappa shape index (κ3) is 3.80. The van der Waals surface area contributed by atoms with Crippen LogP contribution in [-0.4, -0.2) is 66.6 Å². The summed E-state index contributed by atoms with van der Waals surface area (Å²) in [4.78, 5) is 23.8. The molecule has 1 fully saturated rings. The van der Waals surface area contributed by atoms with Crippen LogP contribution in [-0.2, 0) is 16.1 Å². The molecule has 20 heavy (non-hydrogen) atoms. The highest BCUT2D eigenvalue weighted by Gasteiger charge is 2.28. The van der Waals surface area contributed by atoms with Crippen molar-refractivity contribution in [2.45, 2.75) is 25.3 Å². The van der Waals surface area contributed by atoms with Gasteiger partial charge in [0, 0.05) is 44.6 Å². The largest absolute Gasteiger partial charge is 0.384 e. The highest BCUT2D eigenvalue weighted by atomic mass is 16.5. The molecule has 2 rings (SSSR count). The van der Waals surface area contributed by atoms with Gasteiger partial charge < -0.3 is 19.5 Å². The van der Waals surface area contributed by atoms with Gasteiger partial charge in [0.15, 0.2) is 0 Å². The van der Waals surface area contributed by atoms with Crippen molar-refractivity contribution < 1.29 is 9.53 Å². The number of rotatable bonds is 6. The normalized spacial score (nSPS) is 19.0. The van der Waals surface area contributed by atoms with Crippen LogP contribution < -0.4 is 0 Å². The van der Waals surface area contributed by atoms with Gasteiger partial charge in [-0.3, -0.25) is 4.79 Å². The molecule has 0 spiro atoms. The summed E-state index contributed by atoms with van der Waals surface area (Å²) < 4.78 is 4.95. The molecular weight excluding hydrogens is 256 g/mol. The Morgan fingerprint density at radius 3 is 3.10 bits per heavy atom. The van der Waals surface area contributed by atoms with E-state index >= 15 is 0 Å². The van der Waals surface area contributed by atoms with E-state index in [-0.39, 0.29) is 5.91 Å². The van der Waals surface area contributed by atoms with E-state index in [1.807, 2.05) is 25.2 Å². The number of aromatic nitrogens is 2. The van der Waals surface area contributed by atoms with E-state index in [0.717, 1.165) is 37.6 Å². The molecule has 0 aromatic carbocycles. The van der Waals surface area contributed by atoms with Gasteiger partial charge in [0.25, 0.3) is 0 Å². The topological polar surface area (TPSA) is 61.5 Å². The second kappa shape index (κ2) is 6.85. The van der Waals surface area contributed by atoms with Crippen molar-refractivity contribution >= 4 is 5.91 Å². The Labute approximate surface area is 120 Å². The second-order valence-electron chi connectivity index (χ2n) is 5.60. The van der Waals surface area contributed by atoms with E-state index in [4.69, 9.17) is 4.74 Å². The third-order valence-corrected chi connectivity index (χ3v) is 3.58. The van der Waals surface area contributed by atoms with Crippen molar-refractivity contribution in [1.82, 2.24) is 19.8 Å². The molecule has 0 radical (unpaired) electrons. The van der Waals surface area contributed by atoms with E-state index < -0.39 is 0 Å². The second-order valence-corrected chi connectivity index (χ2v) is 5.60. The summed E-state index contributed by atoms with van der Waals surface area (Å²) in [5.74, 6) is 1.51. The van der Waals surface area contributed by atoms with E-state index in [1.165, 1.54) is 0 Å². The molecule has 1 aromatic heterocycles. The molecule has 1 atom stereocenters. The van der Waals surface area contributed by atoms with Crippen LogP contribution in [0.3, 0.4) is 0 Å². The maximum atomic E-state index is 11.9. The number of imidazole rings is 1. The van der Waals surface area contributed by atoms with Gasteiger partial charge in [0.2, 0.25) is 5.91 Å². The Bertz CT molecular complexity index is 444. The van der Waals surface area contributed by atoms with Crippen molar-refractivity contribution in [3.8, 4) is 0 Å². The van der Waals surface area contributed by atoms with Gasteiger partial charge in [-0.15, -0.1) is 0 Å². The lowest BCUT2D eigenvalue weighted by molar-refractivity contribution is -0.131. The lowest BCUT2D eigenvalue weighted by Gasteiger charge is -2.15. The summed E-state index contributed by atoms with van der Waals surface area (Å²) in [6.45, 7) is 2.93. The smallest absolute Gasteiger partial charge is 0.224 e. The number of ether oxygens (including phenoxy) is 1. The van der Waals surface area contributed by atoms with Gasteiger partial charge in [0.1, 0.15) is 5.82 Å². The maximum absolute atomic E-state index is 11.9. The first-order valence-corrected chi connectivity index (χ1v) is 7.05. The van der Waals surface area contributed by atoms with Gasteiger partial charge in [-0.1, -0.05) is 0 Å². The number of aromatic amines is 1. The predicted molar refractivity (Wildman–Crippen MR) is 76.4 cm³/mol. The molecule has 0 aliphatic carbocycles. The maximum Gasteiger partial charge on any atom is 0.224 e. The number of hydrogen-bond acceptors (Lipinski definition) is 4. The summed E-state index contributed by atoms with van der Waals surface area (Å²) in [5.41, 5.74) is 1.12. The molecule has 1 aliphatic heterocycles. The molecule has 1 saturated heterocycles.